The van der Waals surface area contributed by atoms with Gasteiger partial charge in [0.25, 0.3) is 0 Å². The number of carbonyl (C=O) groups is 2. The highest BCUT2D eigenvalue weighted by atomic mass is 35.5. The van der Waals surface area contributed by atoms with Crippen molar-refractivity contribution in [2.45, 2.75) is 57.6 Å². The van der Waals surface area contributed by atoms with Gasteiger partial charge in [-0.2, -0.15) is 5.06 Å². The lowest BCUT2D eigenvalue weighted by Crippen LogP contribution is -2.68. The molecule has 0 aromatic heterocycles. The Morgan fingerprint density at radius 1 is 1.21 bits per heavy atom. The zero-order valence-electron chi connectivity index (χ0n) is 21.8. The average molecular weight is 584 g/mol. The first-order valence-corrected chi connectivity index (χ1v) is 14.0. The third kappa shape index (κ3) is 4.25. The van der Waals surface area contributed by atoms with Crippen molar-refractivity contribution in [3.8, 4) is 0 Å². The summed E-state index contributed by atoms with van der Waals surface area (Å²) in [6.45, 7) is 2.63. The lowest BCUT2D eigenvalue weighted by molar-refractivity contribution is -0.202. The molecule has 212 valence electrons. The zero-order valence-corrected chi connectivity index (χ0v) is 23.3. The number of alkyl halides is 2. The maximum absolute atomic E-state index is 17.4. The fraction of sp³-hybridized carbons (Fsp3) is 0.586. The van der Waals surface area contributed by atoms with Gasteiger partial charge in [0.05, 0.1) is 22.7 Å². The number of nitrogens with zero attached hydrogens (tertiary/aromatic N) is 1. The molecule has 1 aromatic rings. The molecule has 3 fully saturated rings. The fourth-order valence-corrected chi connectivity index (χ4v) is 8.88. The van der Waals surface area contributed by atoms with E-state index in [1.807, 2.05) is 0 Å². The largest absolute Gasteiger partial charge is 0.390 e. The van der Waals surface area contributed by atoms with Crippen LogP contribution in [0.4, 0.5) is 8.78 Å². The van der Waals surface area contributed by atoms with Crippen LogP contribution in [-0.2, 0) is 16.1 Å². The Balaban J connectivity index is 1.49. The first kappa shape index (κ1) is 28.8. The van der Waals surface area contributed by atoms with E-state index in [1.165, 1.54) is 19.1 Å². The van der Waals surface area contributed by atoms with E-state index in [-0.39, 0.29) is 31.5 Å². The number of carbonyl (C=O) groups excluding carboxylic acids is 2. The number of Topliss-reactive ketones (excluding diaryl/α,β-unsaturated/α-hetero) is 1. The first-order valence-electron chi connectivity index (χ1n) is 13.2. The Labute approximate surface area is 236 Å². The molecule has 3 saturated carbocycles. The van der Waals surface area contributed by atoms with Crippen LogP contribution in [0.5, 0.6) is 0 Å². The molecule has 4 aliphatic rings. The van der Waals surface area contributed by atoms with Crippen molar-refractivity contribution in [1.29, 1.82) is 0 Å². The van der Waals surface area contributed by atoms with Gasteiger partial charge in [-0.15, -0.1) is 0 Å². The van der Waals surface area contributed by atoms with Crippen molar-refractivity contribution in [2.75, 3.05) is 13.2 Å². The standard InChI is InChI=1S/C29H33Cl2F2NO5/c1-27-11-24(38)29(33)19(10-22(32)20-9-17(36)6-7-28(20,29)2)18(27)8-16(25(27)23(37)14-35)13-34(39)12-15-4-3-5-21(30)26(15)31/h3-7,9,16,18-19,22,24-25,35,38-39H,8,10-14H2,1-2H3/t16-,18-,19-,22-,24-,25+,27-,28-,29-/m0/s1. The number of hydrogen-bond donors (Lipinski definition) is 3. The average Bonchev–Trinajstić information content (AvgIpc) is 3.15. The van der Waals surface area contributed by atoms with Crippen LogP contribution in [0.1, 0.15) is 38.7 Å². The summed E-state index contributed by atoms with van der Waals surface area (Å²) in [5, 5.41) is 33.8. The van der Waals surface area contributed by atoms with E-state index in [9.17, 15) is 25.0 Å². The summed E-state index contributed by atoms with van der Waals surface area (Å²) in [5.41, 5.74) is -4.11. The number of halogens is 4. The van der Waals surface area contributed by atoms with E-state index >= 15 is 8.78 Å². The van der Waals surface area contributed by atoms with Gasteiger partial charge in [0.1, 0.15) is 12.8 Å². The van der Waals surface area contributed by atoms with Crippen LogP contribution in [0.2, 0.25) is 10.0 Å². The van der Waals surface area contributed by atoms with Gasteiger partial charge in [-0.05, 0) is 72.8 Å². The molecule has 1 aromatic carbocycles. The Bertz CT molecular complexity index is 1260. The number of aliphatic hydroxyl groups is 2. The molecule has 0 amide bonds. The maximum atomic E-state index is 17.4. The molecule has 0 aliphatic heterocycles. The van der Waals surface area contributed by atoms with Crippen molar-refractivity contribution in [1.82, 2.24) is 5.06 Å². The van der Waals surface area contributed by atoms with E-state index in [2.05, 4.69) is 0 Å². The smallest absolute Gasteiger partial charge is 0.178 e. The molecule has 39 heavy (non-hydrogen) atoms. The summed E-state index contributed by atoms with van der Waals surface area (Å²) in [6.07, 6.45) is 0.602. The molecule has 0 spiro atoms. The summed E-state index contributed by atoms with van der Waals surface area (Å²) in [4.78, 5) is 25.2. The van der Waals surface area contributed by atoms with Gasteiger partial charge in [0.2, 0.25) is 0 Å². The Kier molecular flexibility index (Phi) is 7.39. The number of benzene rings is 1. The van der Waals surface area contributed by atoms with E-state index < -0.39 is 70.6 Å². The quantitative estimate of drug-likeness (QED) is 0.412. The van der Waals surface area contributed by atoms with Gasteiger partial charge in [-0.3, -0.25) is 9.59 Å². The normalized spacial score (nSPS) is 41.2. The first-order chi connectivity index (χ1) is 18.3. The summed E-state index contributed by atoms with van der Waals surface area (Å²) in [5.74, 6) is -3.62. The molecular formula is C29H33Cl2F2NO5. The SMILES string of the molecule is C[C@]12C[C@H](O)[C@@]3(F)[C@@H](C[C@H](F)C4=CC(=O)C=C[C@@]43C)[C@@H]1C[C@@H](CN(O)Cc1cccc(Cl)c1Cl)[C@@H]2C(=O)CO. The predicted molar refractivity (Wildman–Crippen MR) is 142 cm³/mol. The van der Waals surface area contributed by atoms with Crippen LogP contribution in [0.3, 0.4) is 0 Å². The van der Waals surface area contributed by atoms with Crippen molar-refractivity contribution in [3.05, 3.63) is 57.6 Å². The lowest BCUT2D eigenvalue weighted by atomic mass is 9.45. The molecule has 0 saturated heterocycles. The number of fused-ring (bicyclic) bond motifs is 5. The number of rotatable bonds is 6. The highest BCUT2D eigenvalue weighted by molar-refractivity contribution is 6.42. The second kappa shape index (κ2) is 10.00. The van der Waals surface area contributed by atoms with Crippen LogP contribution < -0.4 is 0 Å². The van der Waals surface area contributed by atoms with Gasteiger partial charge in [-0.1, -0.05) is 48.3 Å². The zero-order chi connectivity index (χ0) is 28.5. The fourth-order valence-electron chi connectivity index (χ4n) is 8.50. The number of aliphatic hydroxyl groups excluding tert-OH is 2. The molecule has 0 radical (unpaired) electrons. The van der Waals surface area contributed by atoms with E-state index in [1.54, 1.807) is 25.1 Å². The van der Waals surface area contributed by atoms with Gasteiger partial charge >= 0.3 is 0 Å². The predicted octanol–water partition coefficient (Wildman–Crippen LogP) is 4.91. The molecule has 4 aliphatic carbocycles. The Hall–Kier alpha value is -1.68. The van der Waals surface area contributed by atoms with Gasteiger partial charge in [0.15, 0.2) is 17.2 Å². The molecule has 10 heteroatoms. The highest BCUT2D eigenvalue weighted by Crippen LogP contribution is 2.70. The van der Waals surface area contributed by atoms with Crippen LogP contribution in [0.25, 0.3) is 0 Å². The minimum absolute atomic E-state index is 0.0172. The van der Waals surface area contributed by atoms with Gasteiger partial charge in [0, 0.05) is 23.8 Å². The van der Waals surface area contributed by atoms with E-state index in [0.29, 0.717) is 22.0 Å². The topological polar surface area (TPSA) is 98.1 Å². The molecule has 6 nitrogen and oxygen atoms in total. The lowest BCUT2D eigenvalue weighted by Gasteiger charge is -2.62. The number of allylic oxidation sites excluding steroid dienone is 4. The molecule has 0 unspecified atom stereocenters. The van der Waals surface area contributed by atoms with Crippen molar-refractivity contribution in [2.24, 2.45) is 34.5 Å². The highest BCUT2D eigenvalue weighted by Gasteiger charge is 2.73. The molecule has 0 bridgehead atoms. The molecule has 0 heterocycles. The molecule has 9 atom stereocenters. The minimum Gasteiger partial charge on any atom is -0.390 e. The Morgan fingerprint density at radius 3 is 2.62 bits per heavy atom. The van der Waals surface area contributed by atoms with Crippen LogP contribution >= 0.6 is 23.2 Å². The van der Waals surface area contributed by atoms with Crippen LogP contribution in [0, 0.1) is 34.5 Å². The monoisotopic (exact) mass is 583 g/mol. The second-order valence-electron chi connectivity index (χ2n) is 12.1. The molecule has 5 rings (SSSR count). The third-order valence-corrected chi connectivity index (χ3v) is 11.0. The third-order valence-electron chi connectivity index (χ3n) is 10.1. The van der Waals surface area contributed by atoms with Crippen LogP contribution in [0.15, 0.2) is 42.0 Å². The summed E-state index contributed by atoms with van der Waals surface area (Å²) in [6, 6.07) is 5.05. The van der Waals surface area contributed by atoms with Crippen LogP contribution in [-0.4, -0.2) is 63.1 Å². The van der Waals surface area contributed by atoms with Gasteiger partial charge < -0.3 is 15.4 Å². The second-order valence-corrected chi connectivity index (χ2v) is 12.9. The van der Waals surface area contributed by atoms with Gasteiger partial charge in [-0.25, -0.2) is 8.78 Å². The Morgan fingerprint density at radius 2 is 1.92 bits per heavy atom. The van der Waals surface area contributed by atoms with E-state index in [4.69, 9.17) is 23.2 Å². The van der Waals surface area contributed by atoms with Crippen molar-refractivity contribution >= 4 is 34.8 Å². The van der Waals surface area contributed by atoms with Crippen molar-refractivity contribution in [3.63, 3.8) is 0 Å². The summed E-state index contributed by atoms with van der Waals surface area (Å²) < 4.78 is 33.0. The molecular weight excluding hydrogens is 551 g/mol. The summed E-state index contributed by atoms with van der Waals surface area (Å²) in [7, 11) is 0. The minimum atomic E-state index is -2.27. The maximum Gasteiger partial charge on any atom is 0.178 e. The number of ketones is 2. The van der Waals surface area contributed by atoms with Crippen molar-refractivity contribution < 1.29 is 33.8 Å². The number of hydrogen-bond acceptors (Lipinski definition) is 6. The van der Waals surface area contributed by atoms with E-state index in [0.717, 1.165) is 11.1 Å². The summed E-state index contributed by atoms with van der Waals surface area (Å²) >= 11 is 12.4. The number of hydroxylamine groups is 2. The molecule has 3 N–H and O–H groups in total.